The summed E-state index contributed by atoms with van der Waals surface area (Å²) in [4.78, 5) is 18.0. The third-order valence-electron chi connectivity index (χ3n) is 3.12. The van der Waals surface area contributed by atoms with Crippen LogP contribution < -0.4 is 0 Å². The molecule has 0 saturated carbocycles. The Labute approximate surface area is 117 Å². The second kappa shape index (κ2) is 4.64. The number of nitro groups is 1. The van der Waals surface area contributed by atoms with Gasteiger partial charge in [0.15, 0.2) is 5.82 Å². The van der Waals surface area contributed by atoms with Crippen LogP contribution in [0.1, 0.15) is 16.8 Å². The van der Waals surface area contributed by atoms with Gasteiger partial charge in [0.2, 0.25) is 5.28 Å². The Hall–Kier alpha value is -2.34. The SMILES string of the molecule is O=[N+]([O-])c1cccc2c1CC=C2c1nc(Cl)ncc1F. The molecule has 0 atom stereocenters. The smallest absolute Gasteiger partial charge is 0.258 e. The van der Waals surface area contributed by atoms with E-state index in [9.17, 15) is 14.5 Å². The molecule has 0 bridgehead atoms. The Morgan fingerprint density at radius 2 is 2.20 bits per heavy atom. The van der Waals surface area contributed by atoms with Crippen LogP contribution in [0.4, 0.5) is 10.1 Å². The van der Waals surface area contributed by atoms with Gasteiger partial charge in [-0.3, -0.25) is 10.1 Å². The van der Waals surface area contributed by atoms with Gasteiger partial charge in [0.05, 0.1) is 11.1 Å². The predicted octanol–water partition coefficient (Wildman–Crippen LogP) is 3.17. The molecule has 1 aliphatic carbocycles. The van der Waals surface area contributed by atoms with Crippen molar-refractivity contribution in [3.8, 4) is 0 Å². The fourth-order valence-electron chi connectivity index (χ4n) is 2.29. The van der Waals surface area contributed by atoms with Gasteiger partial charge in [0.1, 0.15) is 5.69 Å². The molecule has 2 aromatic rings. The molecular formula is C13H7ClFN3O2. The standard InChI is InChI=1S/C13H7ClFN3O2/c14-13-16-6-10(15)12(17-13)9-5-4-8-7(9)2-1-3-11(8)18(19)20/h1-3,5-6H,4H2. The summed E-state index contributed by atoms with van der Waals surface area (Å²) < 4.78 is 13.8. The maximum Gasteiger partial charge on any atom is 0.273 e. The number of nitro benzene ring substituents is 1. The molecule has 0 spiro atoms. The molecule has 20 heavy (non-hydrogen) atoms. The zero-order valence-corrected chi connectivity index (χ0v) is 10.8. The van der Waals surface area contributed by atoms with Gasteiger partial charge >= 0.3 is 0 Å². The van der Waals surface area contributed by atoms with Crippen LogP contribution in [0.3, 0.4) is 0 Å². The van der Waals surface area contributed by atoms with Crippen molar-refractivity contribution < 1.29 is 9.31 Å². The largest absolute Gasteiger partial charge is 0.273 e. The molecule has 5 nitrogen and oxygen atoms in total. The Morgan fingerprint density at radius 1 is 1.40 bits per heavy atom. The van der Waals surface area contributed by atoms with Crippen molar-refractivity contribution in [1.82, 2.24) is 9.97 Å². The van der Waals surface area contributed by atoms with E-state index in [0.717, 1.165) is 6.20 Å². The molecule has 1 aliphatic rings. The number of fused-ring (bicyclic) bond motifs is 1. The number of hydrogen-bond donors (Lipinski definition) is 0. The maximum atomic E-state index is 13.8. The van der Waals surface area contributed by atoms with E-state index in [1.165, 1.54) is 6.07 Å². The zero-order valence-electron chi connectivity index (χ0n) is 10.0. The average Bonchev–Trinajstić information content (AvgIpc) is 2.85. The van der Waals surface area contributed by atoms with Crippen LogP contribution >= 0.6 is 11.6 Å². The minimum Gasteiger partial charge on any atom is -0.258 e. The van der Waals surface area contributed by atoms with Gasteiger partial charge in [-0.05, 0) is 23.6 Å². The number of aromatic nitrogens is 2. The van der Waals surface area contributed by atoms with E-state index in [0.29, 0.717) is 23.1 Å². The van der Waals surface area contributed by atoms with E-state index in [4.69, 9.17) is 11.6 Å². The van der Waals surface area contributed by atoms with Crippen LogP contribution in [0, 0.1) is 15.9 Å². The number of nitrogens with zero attached hydrogens (tertiary/aromatic N) is 3. The monoisotopic (exact) mass is 291 g/mol. The summed E-state index contributed by atoms with van der Waals surface area (Å²) in [5.41, 5.74) is 1.75. The first-order valence-corrected chi connectivity index (χ1v) is 6.11. The number of allylic oxidation sites excluding steroid dienone is 1. The van der Waals surface area contributed by atoms with Crippen LogP contribution in [0.2, 0.25) is 5.28 Å². The normalized spacial score (nSPS) is 13.0. The first kappa shape index (κ1) is 12.7. The molecule has 0 radical (unpaired) electrons. The molecule has 1 heterocycles. The second-order valence-electron chi connectivity index (χ2n) is 4.22. The highest BCUT2D eigenvalue weighted by atomic mass is 35.5. The molecule has 0 unspecified atom stereocenters. The van der Waals surface area contributed by atoms with E-state index < -0.39 is 10.7 Å². The number of hydrogen-bond acceptors (Lipinski definition) is 4. The minimum atomic E-state index is -0.611. The van der Waals surface area contributed by atoms with Gasteiger partial charge in [-0.1, -0.05) is 18.2 Å². The summed E-state index contributed by atoms with van der Waals surface area (Å²) >= 11 is 5.68. The summed E-state index contributed by atoms with van der Waals surface area (Å²) in [5.74, 6) is -0.611. The molecule has 3 rings (SSSR count). The summed E-state index contributed by atoms with van der Waals surface area (Å²) in [6, 6.07) is 4.70. The molecule has 0 fully saturated rings. The van der Waals surface area contributed by atoms with Gasteiger partial charge in [-0.15, -0.1) is 0 Å². The fourth-order valence-corrected chi connectivity index (χ4v) is 2.42. The number of halogens is 2. The van der Waals surface area contributed by atoms with Gasteiger partial charge in [0, 0.05) is 17.2 Å². The van der Waals surface area contributed by atoms with E-state index in [1.54, 1.807) is 18.2 Å². The lowest BCUT2D eigenvalue weighted by Gasteiger charge is -2.06. The van der Waals surface area contributed by atoms with Gasteiger partial charge in [0.25, 0.3) is 5.69 Å². The van der Waals surface area contributed by atoms with Gasteiger partial charge < -0.3 is 0 Å². The Morgan fingerprint density at radius 3 is 2.95 bits per heavy atom. The van der Waals surface area contributed by atoms with E-state index in [1.807, 2.05) is 0 Å². The molecule has 0 amide bonds. The van der Waals surface area contributed by atoms with Crippen molar-refractivity contribution in [2.75, 3.05) is 0 Å². The van der Waals surface area contributed by atoms with E-state index >= 15 is 0 Å². The van der Waals surface area contributed by atoms with Crippen LogP contribution in [-0.4, -0.2) is 14.9 Å². The summed E-state index contributed by atoms with van der Waals surface area (Å²) in [7, 11) is 0. The zero-order chi connectivity index (χ0) is 14.3. The van der Waals surface area contributed by atoms with Crippen LogP contribution in [0.25, 0.3) is 5.57 Å². The summed E-state index contributed by atoms with van der Waals surface area (Å²) in [6.07, 6.45) is 3.06. The molecular weight excluding hydrogens is 285 g/mol. The quantitative estimate of drug-likeness (QED) is 0.484. The van der Waals surface area contributed by atoms with Gasteiger partial charge in [-0.25, -0.2) is 14.4 Å². The minimum absolute atomic E-state index is 0.0225. The highest BCUT2D eigenvalue weighted by molar-refractivity contribution is 6.28. The molecule has 100 valence electrons. The number of rotatable bonds is 2. The molecule has 0 saturated heterocycles. The molecule has 0 N–H and O–H groups in total. The van der Waals surface area contributed by atoms with E-state index in [2.05, 4.69) is 9.97 Å². The van der Waals surface area contributed by atoms with Crippen LogP contribution in [0.15, 0.2) is 30.5 Å². The second-order valence-corrected chi connectivity index (χ2v) is 4.56. The average molecular weight is 292 g/mol. The first-order valence-electron chi connectivity index (χ1n) is 5.73. The molecule has 7 heteroatoms. The topological polar surface area (TPSA) is 68.9 Å². The van der Waals surface area contributed by atoms with Gasteiger partial charge in [-0.2, -0.15) is 0 Å². The van der Waals surface area contributed by atoms with Crippen LogP contribution in [-0.2, 0) is 6.42 Å². The van der Waals surface area contributed by atoms with E-state index in [-0.39, 0.29) is 16.7 Å². The maximum absolute atomic E-state index is 13.8. The molecule has 1 aromatic carbocycles. The Balaban J connectivity index is 2.16. The first-order chi connectivity index (χ1) is 9.58. The lowest BCUT2D eigenvalue weighted by atomic mass is 10.0. The summed E-state index contributed by atoms with van der Waals surface area (Å²) in [5, 5.41) is 10.9. The highest BCUT2D eigenvalue weighted by Crippen LogP contribution is 2.37. The lowest BCUT2D eigenvalue weighted by molar-refractivity contribution is -0.385. The number of benzene rings is 1. The van der Waals surface area contributed by atoms with Crippen molar-refractivity contribution in [1.29, 1.82) is 0 Å². The predicted molar refractivity (Wildman–Crippen MR) is 70.9 cm³/mol. The van der Waals surface area contributed by atoms with Crippen molar-refractivity contribution in [3.05, 3.63) is 68.5 Å². The third kappa shape index (κ3) is 1.94. The third-order valence-corrected chi connectivity index (χ3v) is 3.30. The Kier molecular flexibility index (Phi) is 2.94. The fraction of sp³-hybridized carbons (Fsp3) is 0.0769. The van der Waals surface area contributed by atoms with Crippen molar-refractivity contribution in [2.24, 2.45) is 0 Å². The van der Waals surface area contributed by atoms with Crippen molar-refractivity contribution >= 4 is 22.9 Å². The summed E-state index contributed by atoms with van der Waals surface area (Å²) in [6.45, 7) is 0. The van der Waals surface area contributed by atoms with Crippen molar-refractivity contribution in [3.63, 3.8) is 0 Å². The molecule has 1 aromatic heterocycles. The van der Waals surface area contributed by atoms with Crippen LogP contribution in [0.5, 0.6) is 0 Å². The molecule has 0 aliphatic heterocycles. The lowest BCUT2D eigenvalue weighted by Crippen LogP contribution is -1.99. The Bertz CT molecular complexity index is 761. The highest BCUT2D eigenvalue weighted by Gasteiger charge is 2.26. The van der Waals surface area contributed by atoms with Crippen molar-refractivity contribution in [2.45, 2.75) is 6.42 Å².